The first kappa shape index (κ1) is 8.50. The SMILES string of the molecule is COc1nc2[nH]nc(C)c2cc1Br. The number of H-pyrrole nitrogens is 1. The third-order valence-corrected chi connectivity index (χ3v) is 2.42. The second-order valence-corrected chi connectivity index (χ2v) is 3.54. The summed E-state index contributed by atoms with van der Waals surface area (Å²) < 4.78 is 5.90. The Labute approximate surface area is 83.4 Å². The maximum absolute atomic E-state index is 5.06. The summed E-state index contributed by atoms with van der Waals surface area (Å²) in [6.07, 6.45) is 0. The number of nitrogens with one attached hydrogen (secondary N) is 1. The molecule has 0 atom stereocenters. The summed E-state index contributed by atoms with van der Waals surface area (Å²) in [5, 5.41) is 7.88. The quantitative estimate of drug-likeness (QED) is 0.832. The molecule has 0 unspecified atom stereocenters. The van der Waals surface area contributed by atoms with Gasteiger partial charge in [-0.1, -0.05) is 0 Å². The number of hydrogen-bond acceptors (Lipinski definition) is 3. The smallest absolute Gasteiger partial charge is 0.229 e. The summed E-state index contributed by atoms with van der Waals surface area (Å²) in [5.41, 5.74) is 1.68. The molecule has 0 aliphatic rings. The minimum Gasteiger partial charge on any atom is -0.480 e. The Hall–Kier alpha value is -1.10. The monoisotopic (exact) mass is 241 g/mol. The van der Waals surface area contributed by atoms with Gasteiger partial charge in [0.1, 0.15) is 0 Å². The number of pyridine rings is 1. The van der Waals surface area contributed by atoms with Gasteiger partial charge in [-0.25, -0.2) is 0 Å². The molecule has 5 heteroatoms. The van der Waals surface area contributed by atoms with Crippen LogP contribution in [0.3, 0.4) is 0 Å². The van der Waals surface area contributed by atoms with Crippen molar-refractivity contribution in [3.05, 3.63) is 16.2 Å². The minimum atomic E-state index is 0.566. The molecule has 2 rings (SSSR count). The van der Waals surface area contributed by atoms with Crippen LogP contribution < -0.4 is 4.74 Å². The molecule has 0 saturated carbocycles. The Kier molecular flexibility index (Phi) is 1.95. The molecule has 0 amide bonds. The lowest BCUT2D eigenvalue weighted by Crippen LogP contribution is -1.89. The topological polar surface area (TPSA) is 50.8 Å². The predicted octanol–water partition coefficient (Wildman–Crippen LogP) is 2.04. The first-order chi connectivity index (χ1) is 6.22. The van der Waals surface area contributed by atoms with Gasteiger partial charge < -0.3 is 4.74 Å². The lowest BCUT2D eigenvalue weighted by atomic mass is 10.3. The molecule has 0 spiro atoms. The zero-order valence-electron chi connectivity index (χ0n) is 7.26. The highest BCUT2D eigenvalue weighted by atomic mass is 79.9. The van der Waals surface area contributed by atoms with Crippen LogP contribution in [0.25, 0.3) is 11.0 Å². The summed E-state index contributed by atoms with van der Waals surface area (Å²) in [5.74, 6) is 0.566. The molecular weight excluding hydrogens is 234 g/mol. The number of nitrogens with zero attached hydrogens (tertiary/aromatic N) is 2. The van der Waals surface area contributed by atoms with Gasteiger partial charge >= 0.3 is 0 Å². The van der Waals surface area contributed by atoms with Gasteiger partial charge in [-0.15, -0.1) is 0 Å². The van der Waals surface area contributed by atoms with Gasteiger partial charge in [-0.2, -0.15) is 10.1 Å². The third kappa shape index (κ3) is 1.29. The van der Waals surface area contributed by atoms with Crippen LogP contribution in [0.2, 0.25) is 0 Å². The van der Waals surface area contributed by atoms with Crippen molar-refractivity contribution in [2.45, 2.75) is 6.92 Å². The van der Waals surface area contributed by atoms with Gasteiger partial charge in [0.2, 0.25) is 5.88 Å². The number of rotatable bonds is 1. The molecule has 0 aromatic carbocycles. The summed E-state index contributed by atoms with van der Waals surface area (Å²) in [6.45, 7) is 1.93. The van der Waals surface area contributed by atoms with Crippen LogP contribution in [0, 0.1) is 6.92 Å². The number of aromatic nitrogens is 3. The molecule has 2 heterocycles. The Morgan fingerprint density at radius 3 is 3.00 bits per heavy atom. The fourth-order valence-corrected chi connectivity index (χ4v) is 1.65. The van der Waals surface area contributed by atoms with Crippen molar-refractivity contribution in [3.8, 4) is 5.88 Å². The molecule has 4 nitrogen and oxygen atoms in total. The van der Waals surface area contributed by atoms with Crippen molar-refractivity contribution in [2.24, 2.45) is 0 Å². The molecule has 1 N–H and O–H groups in total. The van der Waals surface area contributed by atoms with Gasteiger partial charge in [0.25, 0.3) is 0 Å². The van der Waals surface area contributed by atoms with Crippen molar-refractivity contribution in [2.75, 3.05) is 7.11 Å². The second-order valence-electron chi connectivity index (χ2n) is 2.68. The van der Waals surface area contributed by atoms with Crippen molar-refractivity contribution < 1.29 is 4.74 Å². The normalized spacial score (nSPS) is 10.7. The van der Waals surface area contributed by atoms with E-state index >= 15 is 0 Å². The maximum atomic E-state index is 5.06. The van der Waals surface area contributed by atoms with Gasteiger partial charge in [-0.05, 0) is 28.9 Å². The summed E-state index contributed by atoms with van der Waals surface area (Å²) in [4.78, 5) is 4.23. The molecule has 13 heavy (non-hydrogen) atoms. The first-order valence-corrected chi connectivity index (χ1v) is 4.57. The fraction of sp³-hybridized carbons (Fsp3) is 0.250. The fourth-order valence-electron chi connectivity index (χ4n) is 1.17. The van der Waals surface area contributed by atoms with Crippen molar-refractivity contribution >= 4 is 27.0 Å². The first-order valence-electron chi connectivity index (χ1n) is 3.77. The zero-order chi connectivity index (χ0) is 9.42. The molecule has 68 valence electrons. The van der Waals surface area contributed by atoms with E-state index in [1.54, 1.807) is 7.11 Å². The number of methoxy groups -OCH3 is 1. The number of hydrogen-bond donors (Lipinski definition) is 1. The average molecular weight is 242 g/mol. The average Bonchev–Trinajstić information content (AvgIpc) is 2.47. The van der Waals surface area contributed by atoms with E-state index in [1.165, 1.54) is 0 Å². The summed E-state index contributed by atoms with van der Waals surface area (Å²) in [7, 11) is 1.59. The highest BCUT2D eigenvalue weighted by Crippen LogP contribution is 2.26. The lowest BCUT2D eigenvalue weighted by Gasteiger charge is -2.00. The van der Waals surface area contributed by atoms with E-state index in [-0.39, 0.29) is 0 Å². The number of ether oxygens (including phenoxy) is 1. The number of halogens is 1. The Morgan fingerprint density at radius 2 is 2.31 bits per heavy atom. The Balaban J connectivity index is 2.76. The molecule has 0 bridgehead atoms. The molecule has 0 radical (unpaired) electrons. The maximum Gasteiger partial charge on any atom is 0.229 e. The highest BCUT2D eigenvalue weighted by molar-refractivity contribution is 9.10. The van der Waals surface area contributed by atoms with Crippen molar-refractivity contribution in [3.63, 3.8) is 0 Å². The summed E-state index contributed by atoms with van der Waals surface area (Å²) >= 11 is 3.37. The molecule has 2 aromatic heterocycles. The van der Waals surface area contributed by atoms with Gasteiger partial charge in [-0.3, -0.25) is 5.10 Å². The van der Waals surface area contributed by atoms with E-state index < -0.39 is 0 Å². The van der Waals surface area contributed by atoms with Gasteiger partial charge in [0.15, 0.2) is 5.65 Å². The number of aromatic amines is 1. The van der Waals surface area contributed by atoms with E-state index in [4.69, 9.17) is 4.74 Å². The second kappa shape index (κ2) is 2.99. The van der Waals surface area contributed by atoms with E-state index in [0.717, 1.165) is 21.2 Å². The molecule has 0 aliphatic heterocycles. The molecule has 0 saturated heterocycles. The number of aryl methyl sites for hydroxylation is 1. The lowest BCUT2D eigenvalue weighted by molar-refractivity contribution is 0.396. The van der Waals surface area contributed by atoms with Crippen LogP contribution in [0.5, 0.6) is 5.88 Å². The predicted molar refractivity (Wildman–Crippen MR) is 52.9 cm³/mol. The van der Waals surface area contributed by atoms with Crippen molar-refractivity contribution in [1.29, 1.82) is 0 Å². The molecule has 0 aliphatic carbocycles. The van der Waals surface area contributed by atoms with E-state index in [9.17, 15) is 0 Å². The van der Waals surface area contributed by atoms with Gasteiger partial charge in [0.05, 0.1) is 17.3 Å². The molecule has 0 fully saturated rings. The zero-order valence-corrected chi connectivity index (χ0v) is 8.84. The molecular formula is C8H8BrN3O. The van der Waals surface area contributed by atoms with E-state index in [0.29, 0.717) is 5.88 Å². The Bertz CT molecular complexity index is 452. The summed E-state index contributed by atoms with van der Waals surface area (Å²) in [6, 6.07) is 1.94. The van der Waals surface area contributed by atoms with Crippen LogP contribution in [0.1, 0.15) is 5.69 Å². The van der Waals surface area contributed by atoms with Crippen LogP contribution >= 0.6 is 15.9 Å². The minimum absolute atomic E-state index is 0.566. The van der Waals surface area contributed by atoms with E-state index in [1.807, 2.05) is 13.0 Å². The third-order valence-electron chi connectivity index (χ3n) is 1.86. The molecule has 2 aromatic rings. The van der Waals surface area contributed by atoms with Crippen LogP contribution in [-0.2, 0) is 0 Å². The van der Waals surface area contributed by atoms with Crippen LogP contribution in [-0.4, -0.2) is 22.3 Å². The number of fused-ring (bicyclic) bond motifs is 1. The van der Waals surface area contributed by atoms with E-state index in [2.05, 4.69) is 31.1 Å². The van der Waals surface area contributed by atoms with Gasteiger partial charge in [0, 0.05) is 5.39 Å². The van der Waals surface area contributed by atoms with Crippen LogP contribution in [0.15, 0.2) is 10.5 Å². The standard InChI is InChI=1S/C8H8BrN3O/c1-4-5-3-6(9)8(13-2)10-7(5)12-11-4/h3H,1-2H3,(H,10,11,12). The largest absolute Gasteiger partial charge is 0.480 e. The van der Waals surface area contributed by atoms with Crippen molar-refractivity contribution in [1.82, 2.24) is 15.2 Å². The highest BCUT2D eigenvalue weighted by Gasteiger charge is 2.08. The Morgan fingerprint density at radius 1 is 1.54 bits per heavy atom. The van der Waals surface area contributed by atoms with Crippen LogP contribution in [0.4, 0.5) is 0 Å².